The molecule has 9 heteroatoms. The van der Waals surface area contributed by atoms with Gasteiger partial charge in [-0.2, -0.15) is 5.10 Å². The van der Waals surface area contributed by atoms with Crippen molar-refractivity contribution in [1.82, 2.24) is 15.1 Å². The number of H-pyrrole nitrogens is 1. The molecule has 0 fully saturated rings. The lowest BCUT2D eigenvalue weighted by atomic mass is 9.95. The van der Waals surface area contributed by atoms with Crippen LogP contribution in [0.5, 0.6) is 11.5 Å². The number of nitrogens with two attached hydrogens (primary N) is 1. The first-order valence-corrected chi connectivity index (χ1v) is 10.9. The van der Waals surface area contributed by atoms with Crippen LogP contribution in [0.3, 0.4) is 0 Å². The van der Waals surface area contributed by atoms with Crippen LogP contribution in [0.1, 0.15) is 33.2 Å². The molecule has 5 rings (SSSR count). The SMILES string of the molecule is NC(=O)COc1ccc([C@@H]2c3c(-c4ccccc4O)n[nH]c3C(=O)N2Cc2ccc(F)cc2)cc1. The number of aromatic amines is 1. The van der Waals surface area contributed by atoms with Gasteiger partial charge in [0.15, 0.2) is 6.61 Å². The number of ether oxygens (including phenoxy) is 1. The number of nitrogens with zero attached hydrogens (tertiary/aromatic N) is 2. The van der Waals surface area contributed by atoms with E-state index in [0.717, 1.165) is 11.1 Å². The summed E-state index contributed by atoms with van der Waals surface area (Å²) in [5, 5.41) is 17.7. The molecule has 4 N–H and O–H groups in total. The van der Waals surface area contributed by atoms with Crippen LogP contribution in [0.25, 0.3) is 11.3 Å². The normalized spacial score (nSPS) is 14.7. The van der Waals surface area contributed by atoms with Gasteiger partial charge >= 0.3 is 0 Å². The van der Waals surface area contributed by atoms with Crippen molar-refractivity contribution in [2.75, 3.05) is 6.61 Å². The molecule has 0 unspecified atom stereocenters. The number of amides is 2. The standard InChI is InChI=1S/C26H21FN4O4/c27-17-9-5-15(6-10-17)13-31-25(16-7-11-18(12-8-16)35-14-21(28)33)22-23(29-30-24(22)26(31)34)19-3-1-2-4-20(19)32/h1-12,25,32H,13-14H2,(H2,28,33)(H,29,30)/t25-/m1/s1. The van der Waals surface area contributed by atoms with Crippen LogP contribution in [-0.2, 0) is 11.3 Å². The van der Waals surface area contributed by atoms with E-state index in [1.54, 1.807) is 65.6 Å². The number of phenolic OH excluding ortho intramolecular Hbond substituents is 1. The molecule has 1 aromatic heterocycles. The van der Waals surface area contributed by atoms with Crippen LogP contribution in [0.4, 0.5) is 4.39 Å². The van der Waals surface area contributed by atoms with E-state index in [-0.39, 0.29) is 30.6 Å². The lowest BCUT2D eigenvalue weighted by Crippen LogP contribution is -2.29. The van der Waals surface area contributed by atoms with E-state index < -0.39 is 11.9 Å². The van der Waals surface area contributed by atoms with E-state index in [1.807, 2.05) is 0 Å². The number of primary amides is 1. The molecule has 0 aliphatic carbocycles. The molecule has 0 spiro atoms. The average Bonchev–Trinajstić information content (AvgIpc) is 3.39. The zero-order valence-electron chi connectivity index (χ0n) is 18.4. The Bertz CT molecular complexity index is 1400. The Labute approximate surface area is 199 Å². The van der Waals surface area contributed by atoms with Gasteiger partial charge in [0.1, 0.15) is 28.7 Å². The first-order chi connectivity index (χ1) is 16.9. The molecular formula is C26H21FN4O4. The number of phenols is 1. The van der Waals surface area contributed by atoms with Gasteiger partial charge in [-0.05, 0) is 47.5 Å². The third-order valence-electron chi connectivity index (χ3n) is 5.87. The third-order valence-corrected chi connectivity index (χ3v) is 5.87. The van der Waals surface area contributed by atoms with Gasteiger partial charge in [0.25, 0.3) is 11.8 Å². The second-order valence-electron chi connectivity index (χ2n) is 8.16. The fourth-order valence-electron chi connectivity index (χ4n) is 4.27. The first-order valence-electron chi connectivity index (χ1n) is 10.9. The Morgan fingerprint density at radius 1 is 1.09 bits per heavy atom. The van der Waals surface area contributed by atoms with Crippen LogP contribution >= 0.6 is 0 Å². The maximum Gasteiger partial charge on any atom is 0.273 e. The van der Waals surface area contributed by atoms with E-state index in [4.69, 9.17) is 10.5 Å². The number of aromatic hydroxyl groups is 1. The molecule has 8 nitrogen and oxygen atoms in total. The van der Waals surface area contributed by atoms with E-state index in [0.29, 0.717) is 28.3 Å². The fraction of sp³-hybridized carbons (Fsp3) is 0.115. The van der Waals surface area contributed by atoms with E-state index in [1.165, 1.54) is 12.1 Å². The second kappa shape index (κ2) is 8.94. The highest BCUT2D eigenvalue weighted by Gasteiger charge is 2.42. The summed E-state index contributed by atoms with van der Waals surface area (Å²) in [5.41, 5.74) is 8.58. The van der Waals surface area contributed by atoms with Crippen molar-refractivity contribution in [2.24, 2.45) is 5.73 Å². The molecule has 2 amide bonds. The summed E-state index contributed by atoms with van der Waals surface area (Å²) in [4.78, 5) is 26.2. The van der Waals surface area contributed by atoms with Crippen molar-refractivity contribution >= 4 is 11.8 Å². The monoisotopic (exact) mass is 472 g/mol. The largest absolute Gasteiger partial charge is 0.507 e. The van der Waals surface area contributed by atoms with Gasteiger partial charge in [-0.25, -0.2) is 4.39 Å². The number of fused-ring (bicyclic) bond motifs is 1. The van der Waals surface area contributed by atoms with Gasteiger partial charge in [-0.1, -0.05) is 36.4 Å². The topological polar surface area (TPSA) is 122 Å². The van der Waals surface area contributed by atoms with E-state index in [9.17, 15) is 19.1 Å². The maximum atomic E-state index is 13.5. The first kappa shape index (κ1) is 22.1. The average molecular weight is 472 g/mol. The number of carbonyl (C=O) groups is 2. The quantitative estimate of drug-likeness (QED) is 0.380. The Hall–Kier alpha value is -4.66. The molecule has 2 heterocycles. The summed E-state index contributed by atoms with van der Waals surface area (Å²) in [6.45, 7) is -0.0201. The second-order valence-corrected chi connectivity index (χ2v) is 8.16. The summed E-state index contributed by atoms with van der Waals surface area (Å²) < 4.78 is 18.8. The van der Waals surface area contributed by atoms with Crippen molar-refractivity contribution in [2.45, 2.75) is 12.6 Å². The van der Waals surface area contributed by atoms with Crippen molar-refractivity contribution in [3.05, 3.63) is 101 Å². The molecule has 1 aliphatic heterocycles. The van der Waals surface area contributed by atoms with Crippen LogP contribution in [0, 0.1) is 5.82 Å². The van der Waals surface area contributed by atoms with E-state index >= 15 is 0 Å². The number of benzene rings is 3. The molecule has 0 saturated carbocycles. The summed E-state index contributed by atoms with van der Waals surface area (Å²) in [6.07, 6.45) is 0. The summed E-state index contributed by atoms with van der Waals surface area (Å²) in [5.74, 6) is -0.717. The van der Waals surface area contributed by atoms with Crippen LogP contribution < -0.4 is 10.5 Å². The molecule has 1 aliphatic rings. The van der Waals surface area contributed by atoms with Gasteiger partial charge in [0.2, 0.25) is 0 Å². The number of hydrogen-bond donors (Lipinski definition) is 3. The van der Waals surface area contributed by atoms with Crippen molar-refractivity contribution in [3.63, 3.8) is 0 Å². The Morgan fingerprint density at radius 3 is 2.49 bits per heavy atom. The smallest absolute Gasteiger partial charge is 0.273 e. The van der Waals surface area contributed by atoms with Crippen molar-refractivity contribution in [1.29, 1.82) is 0 Å². The van der Waals surface area contributed by atoms with Crippen LogP contribution in [-0.4, -0.2) is 38.6 Å². The number of carbonyl (C=O) groups excluding carboxylic acids is 2. The number of rotatable bonds is 7. The summed E-state index contributed by atoms with van der Waals surface area (Å²) in [6, 6.07) is 19.2. The van der Waals surface area contributed by atoms with E-state index in [2.05, 4.69) is 10.2 Å². The minimum Gasteiger partial charge on any atom is -0.507 e. The molecule has 4 aromatic rings. The highest BCUT2D eigenvalue weighted by molar-refractivity contribution is 6.00. The molecule has 3 aromatic carbocycles. The molecule has 0 bridgehead atoms. The van der Waals surface area contributed by atoms with Gasteiger partial charge in [0.05, 0.1) is 6.04 Å². The zero-order chi connectivity index (χ0) is 24.5. The Morgan fingerprint density at radius 2 is 1.80 bits per heavy atom. The predicted molar refractivity (Wildman–Crippen MR) is 125 cm³/mol. The molecule has 1 atom stereocenters. The van der Waals surface area contributed by atoms with Crippen molar-refractivity contribution in [3.8, 4) is 22.8 Å². The Kier molecular flexibility index (Phi) is 5.66. The summed E-state index contributed by atoms with van der Waals surface area (Å²) >= 11 is 0. The van der Waals surface area contributed by atoms with Crippen LogP contribution in [0.2, 0.25) is 0 Å². The van der Waals surface area contributed by atoms with Crippen molar-refractivity contribution < 1.29 is 23.8 Å². The molecular weight excluding hydrogens is 451 g/mol. The molecule has 176 valence electrons. The predicted octanol–water partition coefficient (Wildman–Crippen LogP) is 3.53. The van der Waals surface area contributed by atoms with Gasteiger partial charge in [-0.15, -0.1) is 0 Å². The molecule has 0 saturated heterocycles. The van der Waals surface area contributed by atoms with Gasteiger partial charge in [-0.3, -0.25) is 14.7 Å². The number of aromatic nitrogens is 2. The van der Waals surface area contributed by atoms with Gasteiger partial charge < -0.3 is 20.5 Å². The van der Waals surface area contributed by atoms with Crippen LogP contribution in [0.15, 0.2) is 72.8 Å². The molecule has 0 radical (unpaired) electrons. The number of nitrogens with one attached hydrogen (secondary N) is 1. The lowest BCUT2D eigenvalue weighted by molar-refractivity contribution is -0.119. The Balaban J connectivity index is 1.58. The number of para-hydroxylation sites is 1. The minimum absolute atomic E-state index is 0.0418. The molecule has 35 heavy (non-hydrogen) atoms. The third kappa shape index (κ3) is 4.19. The maximum absolute atomic E-state index is 13.5. The number of halogens is 1. The van der Waals surface area contributed by atoms with Gasteiger partial charge in [0, 0.05) is 17.7 Å². The highest BCUT2D eigenvalue weighted by atomic mass is 19.1. The number of hydrogen-bond acceptors (Lipinski definition) is 5. The lowest BCUT2D eigenvalue weighted by Gasteiger charge is -2.26. The highest BCUT2D eigenvalue weighted by Crippen LogP contribution is 2.45. The minimum atomic E-state index is -0.587. The summed E-state index contributed by atoms with van der Waals surface area (Å²) in [7, 11) is 0. The fourth-order valence-corrected chi connectivity index (χ4v) is 4.27. The zero-order valence-corrected chi connectivity index (χ0v) is 18.4.